The van der Waals surface area contributed by atoms with Crippen molar-refractivity contribution in [1.29, 1.82) is 0 Å². The zero-order chi connectivity index (χ0) is 17.8. The molecule has 0 bridgehead atoms. The highest BCUT2D eigenvalue weighted by atomic mass is 19.1. The number of hydrazone groups is 1. The quantitative estimate of drug-likeness (QED) is 0.660. The first-order valence-corrected chi connectivity index (χ1v) is 7.82. The van der Waals surface area contributed by atoms with E-state index in [0.29, 0.717) is 23.6 Å². The van der Waals surface area contributed by atoms with Gasteiger partial charge in [-0.25, -0.2) is 9.82 Å². The smallest absolute Gasteiger partial charge is 0.284 e. The van der Waals surface area contributed by atoms with Gasteiger partial charge in [0.1, 0.15) is 18.2 Å². The van der Waals surface area contributed by atoms with Gasteiger partial charge in [0, 0.05) is 5.56 Å². The molecule has 0 radical (unpaired) electrons. The minimum absolute atomic E-state index is 0.0606. The number of amides is 1. The number of carbonyl (C=O) groups excluding carboxylic acids is 1. The van der Waals surface area contributed by atoms with Crippen molar-refractivity contribution >= 4 is 11.6 Å². The number of rotatable bonds is 4. The highest BCUT2D eigenvalue weighted by molar-refractivity contribution is 6.03. The van der Waals surface area contributed by atoms with Gasteiger partial charge < -0.3 is 14.6 Å². The van der Waals surface area contributed by atoms with Crippen LogP contribution < -0.4 is 14.9 Å². The maximum atomic E-state index is 13.4. The lowest BCUT2D eigenvalue weighted by Crippen LogP contribution is -2.42. The molecule has 7 heteroatoms. The Kier molecular flexibility index (Phi) is 4.83. The van der Waals surface area contributed by atoms with Crippen LogP contribution in [0.4, 0.5) is 4.39 Å². The molecule has 0 aliphatic carbocycles. The Hall–Kier alpha value is -3.09. The first kappa shape index (κ1) is 16.8. The first-order chi connectivity index (χ1) is 12.1. The minimum atomic E-state index is -0.849. The maximum Gasteiger partial charge on any atom is 0.284 e. The van der Waals surface area contributed by atoms with Crippen molar-refractivity contribution in [1.82, 2.24) is 5.43 Å². The number of phenolic OH excluding ortho intramolecular Hbond substituents is 1. The third-order valence-electron chi connectivity index (χ3n) is 3.71. The number of para-hydroxylation sites is 2. The van der Waals surface area contributed by atoms with Crippen molar-refractivity contribution in [2.75, 3.05) is 6.61 Å². The van der Waals surface area contributed by atoms with Crippen molar-refractivity contribution in [2.45, 2.75) is 19.4 Å². The molecule has 130 valence electrons. The molecule has 1 aliphatic heterocycles. The molecular formula is C18H17FN2O4. The van der Waals surface area contributed by atoms with Gasteiger partial charge >= 0.3 is 0 Å². The van der Waals surface area contributed by atoms with Gasteiger partial charge in [0.15, 0.2) is 11.5 Å². The number of aromatic hydroxyl groups is 1. The van der Waals surface area contributed by atoms with Crippen LogP contribution in [0.3, 0.4) is 0 Å². The Labute approximate surface area is 143 Å². The second-order valence-corrected chi connectivity index (χ2v) is 5.41. The fourth-order valence-corrected chi connectivity index (χ4v) is 2.41. The van der Waals surface area contributed by atoms with E-state index in [-0.39, 0.29) is 17.9 Å². The lowest BCUT2D eigenvalue weighted by Gasteiger charge is -2.24. The molecule has 25 heavy (non-hydrogen) atoms. The van der Waals surface area contributed by atoms with Crippen molar-refractivity contribution in [3.05, 3.63) is 53.8 Å². The van der Waals surface area contributed by atoms with Crippen LogP contribution in [-0.4, -0.2) is 29.4 Å². The Morgan fingerprint density at radius 2 is 2.08 bits per heavy atom. The average Bonchev–Trinajstić information content (AvgIpc) is 2.64. The molecular weight excluding hydrogens is 327 g/mol. The molecule has 1 unspecified atom stereocenters. The molecule has 3 rings (SSSR count). The molecule has 1 aliphatic rings. The Morgan fingerprint density at radius 1 is 1.32 bits per heavy atom. The molecule has 1 atom stereocenters. The lowest BCUT2D eigenvalue weighted by molar-refractivity contribution is -0.130. The molecule has 0 spiro atoms. The lowest BCUT2D eigenvalue weighted by atomic mass is 10.1. The number of carbonyl (C=O) groups is 1. The fourth-order valence-electron chi connectivity index (χ4n) is 2.41. The van der Waals surface area contributed by atoms with Gasteiger partial charge in [-0.05, 0) is 36.8 Å². The molecule has 1 amide bonds. The monoisotopic (exact) mass is 344 g/mol. The number of hydrogen-bond donors (Lipinski definition) is 2. The Balaban J connectivity index is 1.72. The van der Waals surface area contributed by atoms with E-state index in [9.17, 15) is 14.3 Å². The molecule has 6 nitrogen and oxygen atoms in total. The van der Waals surface area contributed by atoms with Crippen LogP contribution in [-0.2, 0) is 4.79 Å². The molecule has 2 N–H and O–H groups in total. The van der Waals surface area contributed by atoms with E-state index in [4.69, 9.17) is 9.47 Å². The second-order valence-electron chi connectivity index (χ2n) is 5.41. The summed E-state index contributed by atoms with van der Waals surface area (Å²) in [6, 6.07) is 10.6. The fraction of sp³-hybridized carbons (Fsp3) is 0.222. The van der Waals surface area contributed by atoms with E-state index in [1.165, 1.54) is 12.1 Å². The van der Waals surface area contributed by atoms with E-state index in [1.54, 1.807) is 25.1 Å². The van der Waals surface area contributed by atoms with Gasteiger partial charge in [-0.3, -0.25) is 4.79 Å². The van der Waals surface area contributed by atoms with Crippen molar-refractivity contribution in [3.8, 4) is 17.2 Å². The van der Waals surface area contributed by atoms with Gasteiger partial charge in [-0.15, -0.1) is 0 Å². The number of fused-ring (bicyclic) bond motifs is 1. The molecule has 0 saturated carbocycles. The summed E-state index contributed by atoms with van der Waals surface area (Å²) in [5, 5.41) is 13.9. The van der Waals surface area contributed by atoms with E-state index < -0.39 is 17.8 Å². The molecule has 2 aromatic carbocycles. The number of phenols is 1. The summed E-state index contributed by atoms with van der Waals surface area (Å²) in [6.45, 7) is 1.84. The van der Waals surface area contributed by atoms with Crippen LogP contribution in [0.2, 0.25) is 0 Å². The number of nitrogens with one attached hydrogen (secondary N) is 1. The summed E-state index contributed by atoms with van der Waals surface area (Å²) in [5.41, 5.74) is 2.97. The summed E-state index contributed by atoms with van der Waals surface area (Å²) in [5.74, 6) is -0.0370. The van der Waals surface area contributed by atoms with Gasteiger partial charge in [0.25, 0.3) is 5.91 Å². The number of benzene rings is 2. The molecule has 0 fully saturated rings. The number of nitrogens with zero attached hydrogens (tertiary/aromatic N) is 1. The van der Waals surface area contributed by atoms with Crippen LogP contribution in [0.25, 0.3) is 0 Å². The number of halogens is 1. The number of ether oxygens (including phenoxy) is 2. The maximum absolute atomic E-state index is 13.4. The van der Waals surface area contributed by atoms with Gasteiger partial charge in [-0.1, -0.05) is 19.1 Å². The van der Waals surface area contributed by atoms with E-state index in [1.807, 2.05) is 6.07 Å². The molecule has 1 heterocycles. The second kappa shape index (κ2) is 7.21. The third kappa shape index (κ3) is 3.71. The zero-order valence-electron chi connectivity index (χ0n) is 13.5. The predicted molar refractivity (Wildman–Crippen MR) is 89.4 cm³/mol. The largest absolute Gasteiger partial charge is 0.507 e. The highest BCUT2D eigenvalue weighted by Gasteiger charge is 2.27. The summed E-state index contributed by atoms with van der Waals surface area (Å²) in [6.07, 6.45) is -0.458. The summed E-state index contributed by atoms with van der Waals surface area (Å²) < 4.78 is 24.5. The van der Waals surface area contributed by atoms with Crippen LogP contribution in [0, 0.1) is 5.82 Å². The molecule has 0 aromatic heterocycles. The Bertz CT molecular complexity index is 822. The average molecular weight is 344 g/mol. The topological polar surface area (TPSA) is 80.2 Å². The third-order valence-corrected chi connectivity index (χ3v) is 3.71. The van der Waals surface area contributed by atoms with Crippen molar-refractivity contribution in [3.63, 3.8) is 0 Å². The minimum Gasteiger partial charge on any atom is -0.507 e. The normalized spacial score (nSPS) is 16.4. The summed E-state index contributed by atoms with van der Waals surface area (Å²) in [4.78, 5) is 12.3. The van der Waals surface area contributed by atoms with Crippen LogP contribution >= 0.6 is 0 Å². The van der Waals surface area contributed by atoms with E-state index in [0.717, 1.165) is 6.07 Å². The predicted octanol–water partition coefficient (Wildman–Crippen LogP) is 2.60. The van der Waals surface area contributed by atoms with Crippen molar-refractivity contribution in [2.24, 2.45) is 5.10 Å². The molecule has 2 aromatic rings. The van der Waals surface area contributed by atoms with E-state index >= 15 is 0 Å². The van der Waals surface area contributed by atoms with E-state index in [2.05, 4.69) is 10.5 Å². The summed E-state index contributed by atoms with van der Waals surface area (Å²) >= 11 is 0. The Morgan fingerprint density at radius 3 is 2.84 bits per heavy atom. The highest BCUT2D eigenvalue weighted by Crippen LogP contribution is 2.30. The van der Waals surface area contributed by atoms with Crippen LogP contribution in [0.5, 0.6) is 17.2 Å². The van der Waals surface area contributed by atoms with Crippen LogP contribution in [0.15, 0.2) is 47.6 Å². The van der Waals surface area contributed by atoms with Crippen molar-refractivity contribution < 1.29 is 23.8 Å². The van der Waals surface area contributed by atoms with Gasteiger partial charge in [0.05, 0.1) is 5.71 Å². The molecule has 0 saturated heterocycles. The zero-order valence-corrected chi connectivity index (χ0v) is 13.5. The van der Waals surface area contributed by atoms with Gasteiger partial charge in [0.2, 0.25) is 6.10 Å². The van der Waals surface area contributed by atoms with Gasteiger partial charge in [-0.2, -0.15) is 5.10 Å². The SMILES string of the molecule is CCC(=NNC(=O)C1COc2ccccc2O1)c1cc(F)ccc1O. The standard InChI is InChI=1S/C18H17FN2O4/c1-2-13(12-9-11(19)7-8-14(12)22)20-21-18(23)17-10-24-15-5-3-4-6-16(15)25-17/h3-9,17,22H,2,10H2,1H3,(H,21,23). The van der Waals surface area contributed by atoms with Crippen LogP contribution in [0.1, 0.15) is 18.9 Å². The number of hydrogen-bond acceptors (Lipinski definition) is 5. The summed E-state index contributed by atoms with van der Waals surface area (Å²) in [7, 11) is 0. The first-order valence-electron chi connectivity index (χ1n) is 7.82.